The van der Waals surface area contributed by atoms with Crippen LogP contribution in [0.1, 0.15) is 13.8 Å². The van der Waals surface area contributed by atoms with Crippen molar-refractivity contribution in [1.29, 1.82) is 0 Å². The van der Waals surface area contributed by atoms with Gasteiger partial charge < -0.3 is 0 Å². The number of rotatable bonds is 5. The van der Waals surface area contributed by atoms with E-state index in [1.54, 1.807) is 0 Å². The fraction of sp³-hybridized carbons (Fsp3) is 1.00. The number of nitrogens with two attached hydrogens (primary N) is 4. The van der Waals surface area contributed by atoms with Gasteiger partial charge in [-0.15, -0.1) is 5.09 Å². The zero-order chi connectivity index (χ0) is 10.5. The first kappa shape index (κ1) is 13.4. The third-order valence-corrected chi connectivity index (χ3v) is 5.13. The molecule has 7 nitrogen and oxygen atoms in total. The first-order valence-electron chi connectivity index (χ1n) is 4.00. The Morgan fingerprint density at radius 2 is 1.77 bits per heavy atom. The summed E-state index contributed by atoms with van der Waals surface area (Å²) < 4.78 is 4.03. The molecule has 0 rings (SSSR count). The van der Waals surface area contributed by atoms with E-state index in [1.807, 2.05) is 13.8 Å². The molecule has 0 fully saturated rings. The van der Waals surface area contributed by atoms with Crippen LogP contribution in [0.2, 0.25) is 0 Å². The molecular formula is C4H20N7P2+. The van der Waals surface area contributed by atoms with Crippen molar-refractivity contribution in [2.24, 2.45) is 26.5 Å². The molecule has 0 bridgehead atoms. The topological polar surface area (TPSA) is 140 Å². The molecule has 0 amide bonds. The second kappa shape index (κ2) is 5.34. The maximum atomic E-state index is 5.68. The molecule has 9 heteroatoms. The monoisotopic (exact) mass is 228 g/mol. The smallest absolute Gasteiger partial charge is 0.271 e. The number of nitrogens with zero attached hydrogens (tertiary/aromatic N) is 1. The van der Waals surface area contributed by atoms with E-state index >= 15 is 0 Å². The van der Waals surface area contributed by atoms with Gasteiger partial charge in [0, 0.05) is 6.54 Å². The second-order valence-electron chi connectivity index (χ2n) is 2.59. The van der Waals surface area contributed by atoms with E-state index in [2.05, 4.69) is 14.7 Å². The van der Waals surface area contributed by atoms with Gasteiger partial charge >= 0.3 is 7.87 Å². The Bertz CT molecular complexity index is 197. The Hall–Kier alpha value is 0.420. The van der Waals surface area contributed by atoms with Crippen molar-refractivity contribution in [1.82, 2.24) is 10.2 Å². The molecule has 0 aliphatic carbocycles. The summed E-state index contributed by atoms with van der Waals surface area (Å²) in [7, 11) is -4.96. The highest BCUT2D eigenvalue weighted by Gasteiger charge is 2.29. The molecule has 0 spiro atoms. The minimum atomic E-state index is -2.48. The fourth-order valence-electron chi connectivity index (χ4n) is 0.815. The van der Waals surface area contributed by atoms with Gasteiger partial charge in [-0.25, -0.2) is 0 Å². The molecule has 0 aromatic heterocycles. The summed E-state index contributed by atoms with van der Waals surface area (Å²) in [6.45, 7) is 5.08. The van der Waals surface area contributed by atoms with E-state index in [4.69, 9.17) is 22.0 Å². The van der Waals surface area contributed by atoms with Crippen LogP contribution < -0.4 is 32.2 Å². The van der Waals surface area contributed by atoms with Crippen LogP contribution >= 0.6 is 15.4 Å². The Morgan fingerprint density at radius 3 is 2.15 bits per heavy atom. The normalized spacial score (nSPS) is 13.1. The Kier molecular flexibility index (Phi) is 5.51. The second-order valence-corrected chi connectivity index (χ2v) is 6.89. The zero-order valence-corrected chi connectivity index (χ0v) is 9.85. The first-order valence-corrected chi connectivity index (χ1v) is 7.76. The van der Waals surface area contributed by atoms with Gasteiger partial charge in [-0.3, -0.25) is 16.1 Å². The third kappa shape index (κ3) is 6.49. The Labute approximate surface area is 79.8 Å². The van der Waals surface area contributed by atoms with Crippen LogP contribution in [0.4, 0.5) is 0 Å². The SMILES string of the molecule is CCNP(N)(N)=N[P+](N)(N)NCC. The first-order chi connectivity index (χ1) is 5.83. The minimum absolute atomic E-state index is 0.649. The van der Waals surface area contributed by atoms with Crippen molar-refractivity contribution in [3.8, 4) is 0 Å². The van der Waals surface area contributed by atoms with Gasteiger partial charge in [-0.05, 0) is 18.0 Å². The molecule has 0 saturated carbocycles. The summed E-state index contributed by atoms with van der Waals surface area (Å²) in [5.41, 5.74) is 22.7. The molecule has 0 unspecified atom stereocenters. The quantitative estimate of drug-likeness (QED) is 0.356. The van der Waals surface area contributed by atoms with Gasteiger partial charge in [0.25, 0.3) is 0 Å². The lowest BCUT2D eigenvalue weighted by atomic mass is 10.8. The van der Waals surface area contributed by atoms with E-state index < -0.39 is 15.4 Å². The lowest BCUT2D eigenvalue weighted by Gasteiger charge is -2.16. The summed E-state index contributed by atoms with van der Waals surface area (Å²) in [5, 5.41) is 5.73. The standard InChI is InChI=1S/C4H20N7P2/c1-3-9-12(5,6)11-13(7,8)10-4-2/h9-10H,3-8H2,1-2H3/q+1. The highest BCUT2D eigenvalue weighted by molar-refractivity contribution is 7.75. The summed E-state index contributed by atoms with van der Waals surface area (Å²) in [6.07, 6.45) is 0. The summed E-state index contributed by atoms with van der Waals surface area (Å²) in [4.78, 5) is 0. The summed E-state index contributed by atoms with van der Waals surface area (Å²) >= 11 is 0. The van der Waals surface area contributed by atoms with Crippen LogP contribution in [-0.4, -0.2) is 13.1 Å². The van der Waals surface area contributed by atoms with Crippen molar-refractivity contribution >= 4 is 15.4 Å². The van der Waals surface area contributed by atoms with E-state index in [0.717, 1.165) is 0 Å². The molecule has 0 aliphatic rings. The predicted molar refractivity (Wildman–Crippen MR) is 60.4 cm³/mol. The predicted octanol–water partition coefficient (Wildman–Crippen LogP) is -0.336. The Balaban J connectivity index is 4.49. The van der Waals surface area contributed by atoms with Crippen LogP contribution in [0.5, 0.6) is 0 Å². The molecule has 0 heterocycles. The molecule has 80 valence electrons. The molecule has 13 heavy (non-hydrogen) atoms. The van der Waals surface area contributed by atoms with Gasteiger partial charge in [-0.1, -0.05) is 6.92 Å². The van der Waals surface area contributed by atoms with Crippen LogP contribution in [-0.2, 0) is 0 Å². The molecule has 0 aromatic rings. The molecule has 10 N–H and O–H groups in total. The number of nitrogens with one attached hydrogen (secondary N) is 2. The zero-order valence-electron chi connectivity index (χ0n) is 8.07. The fourth-order valence-corrected chi connectivity index (χ4v) is 4.29. The highest BCUT2D eigenvalue weighted by atomic mass is 31.2. The Morgan fingerprint density at radius 1 is 1.23 bits per heavy atom. The van der Waals surface area contributed by atoms with E-state index in [9.17, 15) is 0 Å². The van der Waals surface area contributed by atoms with Crippen LogP contribution in [0.3, 0.4) is 0 Å². The summed E-state index contributed by atoms with van der Waals surface area (Å²) in [5.74, 6) is 0. The maximum absolute atomic E-state index is 5.68. The van der Waals surface area contributed by atoms with Crippen molar-refractivity contribution in [3.63, 3.8) is 0 Å². The van der Waals surface area contributed by atoms with E-state index in [0.29, 0.717) is 13.1 Å². The van der Waals surface area contributed by atoms with E-state index in [1.165, 1.54) is 0 Å². The van der Waals surface area contributed by atoms with Crippen molar-refractivity contribution < 1.29 is 0 Å². The number of hydrogen-bond donors (Lipinski definition) is 6. The largest absolute Gasteiger partial charge is 0.344 e. The van der Waals surface area contributed by atoms with Crippen molar-refractivity contribution in [2.75, 3.05) is 13.1 Å². The van der Waals surface area contributed by atoms with Gasteiger partial charge in [0.2, 0.25) is 7.51 Å². The molecular weight excluding hydrogens is 208 g/mol. The summed E-state index contributed by atoms with van der Waals surface area (Å²) in [6, 6.07) is 0. The van der Waals surface area contributed by atoms with Crippen molar-refractivity contribution in [2.45, 2.75) is 13.8 Å². The van der Waals surface area contributed by atoms with Gasteiger partial charge in [0.05, 0.1) is 0 Å². The van der Waals surface area contributed by atoms with Crippen LogP contribution in [0, 0.1) is 0 Å². The average molecular weight is 228 g/mol. The third-order valence-electron chi connectivity index (χ3n) is 1.12. The lowest BCUT2D eigenvalue weighted by Crippen LogP contribution is -2.30. The van der Waals surface area contributed by atoms with Gasteiger partial charge in [0.15, 0.2) is 0 Å². The van der Waals surface area contributed by atoms with Crippen LogP contribution in [0.15, 0.2) is 4.52 Å². The molecule has 0 aliphatic heterocycles. The number of hydrogen-bond acceptors (Lipinski definition) is 4. The molecule has 0 saturated heterocycles. The van der Waals surface area contributed by atoms with Gasteiger partial charge in [0.1, 0.15) is 0 Å². The van der Waals surface area contributed by atoms with Crippen molar-refractivity contribution in [3.05, 3.63) is 0 Å². The highest BCUT2D eigenvalue weighted by Crippen LogP contribution is 2.47. The lowest BCUT2D eigenvalue weighted by molar-refractivity contribution is 0.981. The average Bonchev–Trinajstić information content (AvgIpc) is 1.82. The van der Waals surface area contributed by atoms with E-state index in [-0.39, 0.29) is 0 Å². The molecule has 0 aromatic carbocycles. The molecule has 0 radical (unpaired) electrons. The molecule has 0 atom stereocenters. The minimum Gasteiger partial charge on any atom is -0.271 e. The van der Waals surface area contributed by atoms with Gasteiger partial charge in [-0.2, -0.15) is 11.0 Å². The van der Waals surface area contributed by atoms with Crippen LogP contribution in [0.25, 0.3) is 0 Å². The maximum Gasteiger partial charge on any atom is 0.344 e.